The van der Waals surface area contributed by atoms with Crippen LogP contribution in [-0.2, 0) is 20.7 Å². The molecule has 6 heteroatoms. The number of hydrogen-bond donors (Lipinski definition) is 1. The molecule has 0 radical (unpaired) electrons. The summed E-state index contributed by atoms with van der Waals surface area (Å²) < 4.78 is 10.4. The van der Waals surface area contributed by atoms with Crippen LogP contribution in [0.5, 0.6) is 5.75 Å². The summed E-state index contributed by atoms with van der Waals surface area (Å²) in [6.45, 7) is 3.45. The summed E-state index contributed by atoms with van der Waals surface area (Å²) >= 11 is 0. The summed E-state index contributed by atoms with van der Waals surface area (Å²) in [6, 6.07) is 16.3. The molecule has 2 rings (SSSR count). The minimum Gasteiger partial charge on any atom is -0.482 e. The van der Waals surface area contributed by atoms with Crippen LogP contribution >= 0.6 is 0 Å². The Morgan fingerprint density at radius 1 is 1.00 bits per heavy atom. The van der Waals surface area contributed by atoms with Crippen LogP contribution in [0.3, 0.4) is 0 Å². The monoisotopic (exact) mass is 383 g/mol. The van der Waals surface area contributed by atoms with Gasteiger partial charge in [-0.3, -0.25) is 9.59 Å². The topological polar surface area (TPSA) is 81.7 Å². The fraction of sp³-hybridized carbons (Fsp3) is 0.318. The van der Waals surface area contributed by atoms with Crippen LogP contribution in [0.4, 0.5) is 0 Å². The number of Topliss-reactive ketones (excluding diaryl/α,β-unsaturated/α-hetero) is 1. The van der Waals surface area contributed by atoms with Gasteiger partial charge < -0.3 is 14.8 Å². The van der Waals surface area contributed by atoms with Gasteiger partial charge in [0.1, 0.15) is 5.75 Å². The molecule has 1 atom stereocenters. The molecule has 0 saturated carbocycles. The molecule has 0 fully saturated rings. The van der Waals surface area contributed by atoms with Gasteiger partial charge in [-0.05, 0) is 43.2 Å². The molecule has 1 amide bonds. The molecule has 0 bridgehead atoms. The van der Waals surface area contributed by atoms with Crippen LogP contribution in [0.15, 0.2) is 54.6 Å². The Bertz CT molecular complexity index is 786. The summed E-state index contributed by atoms with van der Waals surface area (Å²) in [5.41, 5.74) is 1.71. The predicted molar refractivity (Wildman–Crippen MR) is 105 cm³/mol. The second-order valence-corrected chi connectivity index (χ2v) is 6.25. The minimum atomic E-state index is -0.906. The van der Waals surface area contributed by atoms with Crippen molar-refractivity contribution in [1.29, 1.82) is 0 Å². The van der Waals surface area contributed by atoms with Gasteiger partial charge in [-0.1, -0.05) is 37.3 Å². The van der Waals surface area contributed by atoms with Crippen LogP contribution in [0.2, 0.25) is 0 Å². The normalized spacial score (nSPS) is 11.4. The Hall–Kier alpha value is -3.15. The number of carbonyl (C=O) groups is 3. The second kappa shape index (κ2) is 10.9. The van der Waals surface area contributed by atoms with Crippen molar-refractivity contribution in [1.82, 2.24) is 5.32 Å². The smallest absolute Gasteiger partial charge is 0.344 e. The average molecular weight is 383 g/mol. The van der Waals surface area contributed by atoms with E-state index in [0.29, 0.717) is 30.7 Å². The van der Waals surface area contributed by atoms with Crippen LogP contribution < -0.4 is 10.1 Å². The number of benzene rings is 2. The van der Waals surface area contributed by atoms with Crippen molar-refractivity contribution in [2.45, 2.75) is 32.8 Å². The van der Waals surface area contributed by atoms with Gasteiger partial charge in [0.25, 0.3) is 5.91 Å². The van der Waals surface area contributed by atoms with Crippen molar-refractivity contribution in [3.05, 3.63) is 65.7 Å². The first kappa shape index (κ1) is 21.2. The first-order chi connectivity index (χ1) is 13.5. The highest BCUT2D eigenvalue weighted by molar-refractivity contribution is 5.95. The zero-order valence-electron chi connectivity index (χ0n) is 16.1. The molecule has 0 aliphatic heterocycles. The lowest BCUT2D eigenvalue weighted by molar-refractivity contribution is -0.156. The van der Waals surface area contributed by atoms with E-state index in [1.807, 2.05) is 30.3 Å². The standard InChI is InChI=1S/C22H25NO5/c1-3-20(24)18-9-11-19(12-10-18)27-15-21(25)28-16(2)22(26)23-14-13-17-7-5-4-6-8-17/h4-12,16H,3,13-15H2,1-2H3,(H,23,26). The molecule has 0 aromatic heterocycles. The molecule has 28 heavy (non-hydrogen) atoms. The van der Waals surface area contributed by atoms with Crippen molar-refractivity contribution >= 4 is 17.7 Å². The van der Waals surface area contributed by atoms with E-state index < -0.39 is 12.1 Å². The Balaban J connectivity index is 1.69. The summed E-state index contributed by atoms with van der Waals surface area (Å²) in [5.74, 6) is -0.506. The molecular formula is C22H25NO5. The van der Waals surface area contributed by atoms with Gasteiger partial charge in [-0.2, -0.15) is 0 Å². The lowest BCUT2D eigenvalue weighted by Gasteiger charge is -2.14. The quantitative estimate of drug-likeness (QED) is 0.504. The lowest BCUT2D eigenvalue weighted by Crippen LogP contribution is -2.37. The Morgan fingerprint density at radius 2 is 1.68 bits per heavy atom. The van der Waals surface area contributed by atoms with E-state index in [4.69, 9.17) is 9.47 Å². The molecule has 6 nitrogen and oxygen atoms in total. The number of hydrogen-bond acceptors (Lipinski definition) is 5. The molecule has 0 aliphatic carbocycles. The molecule has 2 aromatic carbocycles. The van der Waals surface area contributed by atoms with Gasteiger partial charge in [0.05, 0.1) is 0 Å². The summed E-state index contributed by atoms with van der Waals surface area (Å²) in [6.07, 6.45) is 0.224. The first-order valence-electron chi connectivity index (χ1n) is 9.26. The Morgan fingerprint density at radius 3 is 2.32 bits per heavy atom. The fourth-order valence-electron chi connectivity index (χ4n) is 2.49. The first-order valence-corrected chi connectivity index (χ1v) is 9.26. The highest BCUT2D eigenvalue weighted by atomic mass is 16.6. The molecular weight excluding hydrogens is 358 g/mol. The van der Waals surface area contributed by atoms with Gasteiger partial charge in [0.15, 0.2) is 18.5 Å². The maximum Gasteiger partial charge on any atom is 0.344 e. The predicted octanol–water partition coefficient (Wildman–Crippen LogP) is 2.95. The maximum absolute atomic E-state index is 12.0. The fourth-order valence-corrected chi connectivity index (χ4v) is 2.49. The third-order valence-corrected chi connectivity index (χ3v) is 4.09. The number of ether oxygens (including phenoxy) is 2. The molecule has 1 N–H and O–H groups in total. The van der Waals surface area contributed by atoms with E-state index in [2.05, 4.69) is 5.32 Å². The van der Waals surface area contributed by atoms with E-state index in [-0.39, 0.29) is 18.3 Å². The second-order valence-electron chi connectivity index (χ2n) is 6.25. The van der Waals surface area contributed by atoms with Crippen LogP contribution in [-0.4, -0.2) is 36.9 Å². The number of ketones is 1. The zero-order valence-corrected chi connectivity index (χ0v) is 16.1. The SMILES string of the molecule is CCC(=O)c1ccc(OCC(=O)OC(C)C(=O)NCCc2ccccc2)cc1. The number of carbonyl (C=O) groups excluding carboxylic acids is 3. The minimum absolute atomic E-state index is 0.0399. The molecule has 0 heterocycles. The van der Waals surface area contributed by atoms with Crippen molar-refractivity contribution in [3.63, 3.8) is 0 Å². The van der Waals surface area contributed by atoms with Crippen molar-refractivity contribution < 1.29 is 23.9 Å². The summed E-state index contributed by atoms with van der Waals surface area (Å²) in [5, 5.41) is 2.74. The van der Waals surface area contributed by atoms with E-state index in [1.165, 1.54) is 6.92 Å². The molecule has 0 aliphatic rings. The van der Waals surface area contributed by atoms with Crippen LogP contribution in [0, 0.1) is 0 Å². The molecule has 0 saturated heterocycles. The summed E-state index contributed by atoms with van der Waals surface area (Å²) in [7, 11) is 0. The Labute approximate surface area is 164 Å². The number of rotatable bonds is 10. The largest absolute Gasteiger partial charge is 0.482 e. The molecule has 0 spiro atoms. The zero-order chi connectivity index (χ0) is 20.4. The van der Waals surface area contributed by atoms with E-state index in [1.54, 1.807) is 31.2 Å². The van der Waals surface area contributed by atoms with Crippen LogP contribution in [0.1, 0.15) is 36.2 Å². The van der Waals surface area contributed by atoms with Crippen LogP contribution in [0.25, 0.3) is 0 Å². The number of amides is 1. The van der Waals surface area contributed by atoms with E-state index in [9.17, 15) is 14.4 Å². The van der Waals surface area contributed by atoms with Gasteiger partial charge >= 0.3 is 5.97 Å². The van der Waals surface area contributed by atoms with Gasteiger partial charge in [0, 0.05) is 18.5 Å². The van der Waals surface area contributed by atoms with Crippen molar-refractivity contribution in [3.8, 4) is 5.75 Å². The average Bonchev–Trinajstić information content (AvgIpc) is 2.72. The number of nitrogens with one attached hydrogen (secondary N) is 1. The molecule has 1 unspecified atom stereocenters. The van der Waals surface area contributed by atoms with Crippen molar-refractivity contribution in [2.24, 2.45) is 0 Å². The third kappa shape index (κ3) is 6.87. The van der Waals surface area contributed by atoms with Gasteiger partial charge in [-0.15, -0.1) is 0 Å². The molecule has 148 valence electrons. The van der Waals surface area contributed by atoms with E-state index >= 15 is 0 Å². The number of esters is 1. The highest BCUT2D eigenvalue weighted by Crippen LogP contribution is 2.13. The summed E-state index contributed by atoms with van der Waals surface area (Å²) in [4.78, 5) is 35.5. The highest BCUT2D eigenvalue weighted by Gasteiger charge is 2.17. The third-order valence-electron chi connectivity index (χ3n) is 4.09. The van der Waals surface area contributed by atoms with Gasteiger partial charge in [0.2, 0.25) is 0 Å². The van der Waals surface area contributed by atoms with E-state index in [0.717, 1.165) is 5.56 Å². The Kier molecular flexibility index (Phi) is 8.21. The van der Waals surface area contributed by atoms with Gasteiger partial charge in [-0.25, -0.2) is 4.79 Å². The van der Waals surface area contributed by atoms with Crippen molar-refractivity contribution in [2.75, 3.05) is 13.2 Å². The molecule has 2 aromatic rings. The lowest BCUT2D eigenvalue weighted by atomic mass is 10.1. The maximum atomic E-state index is 12.0.